The van der Waals surface area contributed by atoms with Gasteiger partial charge in [-0.2, -0.15) is 8.97 Å². The summed E-state index contributed by atoms with van der Waals surface area (Å²) in [7, 11) is 0. The lowest BCUT2D eigenvalue weighted by Gasteiger charge is -1.98. The molecule has 0 fully saturated rings. The molecule has 0 aliphatic carbocycles. The van der Waals surface area contributed by atoms with E-state index in [9.17, 15) is 19.8 Å². The third kappa shape index (κ3) is 2.72. The number of halogens is 2. The van der Waals surface area contributed by atoms with Gasteiger partial charge in [-0.3, -0.25) is 4.79 Å². The third-order valence-corrected chi connectivity index (χ3v) is 4.73. The summed E-state index contributed by atoms with van der Waals surface area (Å²) < 4.78 is 2.98. The molecule has 3 aromatic rings. The average Bonchev–Trinajstić information content (AvgIpc) is 3.08. The van der Waals surface area contributed by atoms with E-state index in [1.54, 1.807) is 0 Å². The summed E-state index contributed by atoms with van der Waals surface area (Å²) in [6, 6.07) is 2.87. The molecule has 0 unspecified atom stereocenters. The minimum Gasteiger partial charge on any atom is -0.477 e. The van der Waals surface area contributed by atoms with Gasteiger partial charge < -0.3 is 10.2 Å². The van der Waals surface area contributed by atoms with Crippen molar-refractivity contribution in [2.24, 2.45) is 0 Å². The topological polar surface area (TPSA) is 95.8 Å². The second kappa shape index (κ2) is 6.39. The highest BCUT2D eigenvalue weighted by Gasteiger charge is 2.33. The van der Waals surface area contributed by atoms with Crippen molar-refractivity contribution < 1.29 is 24.4 Å². The summed E-state index contributed by atoms with van der Waals surface area (Å²) in [4.78, 5) is 28.2. The highest BCUT2D eigenvalue weighted by Crippen LogP contribution is 2.23. The summed E-state index contributed by atoms with van der Waals surface area (Å²) in [6.07, 6.45) is 3.02. The van der Waals surface area contributed by atoms with E-state index < -0.39 is 11.8 Å². The second-order valence-corrected chi connectivity index (χ2v) is 6.78. The number of Topliss-reactive ketones (excluding diaryl/α,β-unsaturated/α-hetero) is 1. The first-order chi connectivity index (χ1) is 11.4. The monoisotopic (exact) mass is 386 g/mol. The van der Waals surface area contributed by atoms with Crippen LogP contribution in [0.4, 0.5) is 0 Å². The van der Waals surface area contributed by atoms with Gasteiger partial charge in [0, 0.05) is 6.20 Å². The Morgan fingerprint density at radius 2 is 2.17 bits per heavy atom. The van der Waals surface area contributed by atoms with Gasteiger partial charge in [0.15, 0.2) is 4.47 Å². The number of imidazole rings is 1. The van der Waals surface area contributed by atoms with Crippen LogP contribution in [0, 0.1) is 0 Å². The van der Waals surface area contributed by atoms with Gasteiger partial charge in [-0.25, -0.2) is 9.78 Å². The number of nitrogens with zero attached hydrogens (tertiary/aromatic N) is 3. The number of carbonyl (C=O) groups excluding carboxylic acids is 1. The molecule has 0 radical (unpaired) electrons. The molecule has 0 spiro atoms. The molecule has 3 aromatic heterocycles. The first kappa shape index (κ1) is 16.7. The molecule has 0 aromatic carbocycles. The van der Waals surface area contributed by atoms with Crippen LogP contribution in [0.25, 0.3) is 5.65 Å². The minimum atomic E-state index is -1.18. The molecule has 0 aliphatic heterocycles. The summed E-state index contributed by atoms with van der Waals surface area (Å²) >= 11 is 12.6. The normalized spacial score (nSPS) is 11.1. The molecular formula is C14H10Cl2N3O4S+. The fourth-order valence-corrected chi connectivity index (χ4v) is 3.54. The van der Waals surface area contributed by atoms with Crippen LogP contribution >= 0.6 is 34.5 Å². The van der Waals surface area contributed by atoms with Crippen molar-refractivity contribution in [1.29, 1.82) is 0 Å². The van der Waals surface area contributed by atoms with Crippen molar-refractivity contribution in [2.75, 3.05) is 5.88 Å². The fourth-order valence-electron chi connectivity index (χ4n) is 2.44. The smallest absolute Gasteiger partial charge is 0.344 e. The molecule has 0 amide bonds. The van der Waals surface area contributed by atoms with Crippen molar-refractivity contribution in [3.63, 3.8) is 0 Å². The SMILES string of the molecule is O=C(O)c1cccn2c(C(=O)CCl)c(O)[n+](Cc3cnc(Cl)s3)c12. The van der Waals surface area contributed by atoms with Crippen molar-refractivity contribution in [3.05, 3.63) is 45.1 Å². The van der Waals surface area contributed by atoms with Crippen LogP contribution in [0.5, 0.6) is 5.88 Å². The number of thiazole rings is 1. The number of alkyl halides is 1. The standard InChI is InChI=1S/C14H9Cl2N3O4S/c15-4-9(20)10-12(21)19(6-7-5-17-14(16)24-7)11-8(13(22)23)2-1-3-18(10)11/h1-3,5H,4,6H2,(H-,20,21,22,23)/p+1. The number of hydrogen-bond acceptors (Lipinski definition) is 5. The van der Waals surface area contributed by atoms with Crippen LogP contribution < -0.4 is 4.57 Å². The first-order valence-corrected chi connectivity index (χ1v) is 8.35. The Morgan fingerprint density at radius 3 is 2.75 bits per heavy atom. The second-order valence-electron chi connectivity index (χ2n) is 4.82. The van der Waals surface area contributed by atoms with E-state index in [1.165, 1.54) is 44.8 Å². The Kier molecular flexibility index (Phi) is 4.44. The molecule has 0 saturated carbocycles. The van der Waals surface area contributed by atoms with E-state index >= 15 is 0 Å². The maximum atomic E-state index is 12.1. The Balaban J connectivity index is 2.31. The Hall–Kier alpha value is -2.16. The van der Waals surface area contributed by atoms with Crippen LogP contribution in [-0.4, -0.2) is 37.2 Å². The largest absolute Gasteiger partial charge is 0.477 e. The maximum Gasteiger partial charge on any atom is 0.344 e. The maximum absolute atomic E-state index is 12.1. The number of carboxylic acid groups (broad SMARTS) is 1. The summed E-state index contributed by atoms with van der Waals surface area (Å²) in [5.74, 6) is -2.41. The predicted molar refractivity (Wildman–Crippen MR) is 87.5 cm³/mol. The minimum absolute atomic E-state index is 0.0583. The number of fused-ring (bicyclic) bond motifs is 1. The van der Waals surface area contributed by atoms with Crippen molar-refractivity contribution in [1.82, 2.24) is 9.38 Å². The number of hydrogen-bond donors (Lipinski definition) is 2. The number of carbonyl (C=O) groups is 2. The van der Waals surface area contributed by atoms with E-state index in [4.69, 9.17) is 23.2 Å². The lowest BCUT2D eigenvalue weighted by molar-refractivity contribution is -0.667. The molecule has 0 saturated heterocycles. The van der Waals surface area contributed by atoms with Crippen LogP contribution in [0.1, 0.15) is 25.7 Å². The third-order valence-electron chi connectivity index (χ3n) is 3.39. The fraction of sp³-hybridized carbons (Fsp3) is 0.143. The number of ketones is 1. The molecule has 7 nitrogen and oxygen atoms in total. The van der Waals surface area contributed by atoms with Gasteiger partial charge in [0.2, 0.25) is 5.78 Å². The lowest BCUT2D eigenvalue weighted by Crippen LogP contribution is -2.34. The van der Waals surface area contributed by atoms with Crippen LogP contribution in [0.2, 0.25) is 4.47 Å². The number of pyridine rings is 1. The molecule has 0 atom stereocenters. The first-order valence-electron chi connectivity index (χ1n) is 6.62. The van der Waals surface area contributed by atoms with Crippen molar-refractivity contribution in [3.8, 4) is 5.88 Å². The molecule has 0 bridgehead atoms. The number of aromatic nitrogens is 3. The van der Waals surface area contributed by atoms with Crippen LogP contribution in [-0.2, 0) is 6.54 Å². The van der Waals surface area contributed by atoms with Gasteiger partial charge in [0.1, 0.15) is 12.1 Å². The van der Waals surface area contributed by atoms with Crippen molar-refractivity contribution >= 4 is 51.9 Å². The number of carboxylic acids is 1. The summed E-state index contributed by atoms with van der Waals surface area (Å²) in [5, 5.41) is 19.9. The van der Waals surface area contributed by atoms with Gasteiger partial charge >= 0.3 is 17.5 Å². The molecule has 3 heterocycles. The average molecular weight is 387 g/mol. The quantitative estimate of drug-likeness (QED) is 0.398. The lowest BCUT2D eigenvalue weighted by atomic mass is 10.2. The van der Waals surface area contributed by atoms with Gasteiger partial charge in [0.05, 0.1) is 17.0 Å². The molecule has 3 rings (SSSR count). The highest BCUT2D eigenvalue weighted by molar-refractivity contribution is 7.15. The van der Waals surface area contributed by atoms with E-state index in [0.717, 1.165) is 0 Å². The van der Waals surface area contributed by atoms with Crippen molar-refractivity contribution in [2.45, 2.75) is 6.54 Å². The van der Waals surface area contributed by atoms with E-state index in [-0.39, 0.29) is 35.2 Å². The molecular weight excluding hydrogens is 377 g/mol. The summed E-state index contributed by atoms with van der Waals surface area (Å²) in [6.45, 7) is 0.111. The number of aromatic hydroxyl groups is 1. The zero-order chi connectivity index (χ0) is 17.4. The molecule has 124 valence electrons. The van der Waals surface area contributed by atoms with E-state index in [2.05, 4.69) is 4.98 Å². The van der Waals surface area contributed by atoms with Crippen LogP contribution in [0.15, 0.2) is 24.5 Å². The highest BCUT2D eigenvalue weighted by atomic mass is 35.5. The zero-order valence-electron chi connectivity index (χ0n) is 11.9. The zero-order valence-corrected chi connectivity index (χ0v) is 14.3. The van der Waals surface area contributed by atoms with E-state index in [1.807, 2.05) is 0 Å². The molecule has 10 heteroatoms. The Labute approximate surface area is 149 Å². The number of rotatable bonds is 5. The van der Waals surface area contributed by atoms with Gasteiger partial charge in [-0.1, -0.05) is 11.6 Å². The van der Waals surface area contributed by atoms with E-state index in [0.29, 0.717) is 9.34 Å². The molecule has 24 heavy (non-hydrogen) atoms. The predicted octanol–water partition coefficient (Wildman–Crippen LogP) is 2.21. The molecule has 2 N–H and O–H groups in total. The number of aromatic carboxylic acids is 1. The molecule has 0 aliphatic rings. The Bertz CT molecular complexity index is 966. The van der Waals surface area contributed by atoms with Gasteiger partial charge in [-0.05, 0) is 12.1 Å². The summed E-state index contributed by atoms with van der Waals surface area (Å²) in [5.41, 5.74) is 0.0382. The van der Waals surface area contributed by atoms with Gasteiger partial charge in [-0.15, -0.1) is 22.9 Å². The van der Waals surface area contributed by atoms with Gasteiger partial charge in [0.25, 0.3) is 5.69 Å². The van der Waals surface area contributed by atoms with Crippen LogP contribution in [0.3, 0.4) is 0 Å². The Morgan fingerprint density at radius 1 is 1.42 bits per heavy atom.